The molecular weight excluding hydrogens is 309 g/mol. The summed E-state index contributed by atoms with van der Waals surface area (Å²) in [6, 6.07) is 17.9. The number of ether oxygens (including phenoxy) is 1. The lowest BCUT2D eigenvalue weighted by Crippen LogP contribution is -2.26. The van der Waals surface area contributed by atoms with E-state index in [1.807, 2.05) is 0 Å². The SMILES string of the molecule is O=C(OCc1ccc(-c2ccccc2F)cc1)n1ccccc1=O. The molecule has 120 valence electrons. The summed E-state index contributed by atoms with van der Waals surface area (Å²) in [5, 5.41) is 0. The molecule has 0 saturated carbocycles. The molecule has 1 heterocycles. The monoisotopic (exact) mass is 323 g/mol. The summed E-state index contributed by atoms with van der Waals surface area (Å²) in [5.74, 6) is -0.292. The zero-order valence-corrected chi connectivity index (χ0v) is 12.7. The van der Waals surface area contributed by atoms with E-state index in [1.165, 1.54) is 18.3 Å². The first kappa shape index (κ1) is 15.7. The van der Waals surface area contributed by atoms with Crippen molar-refractivity contribution in [2.45, 2.75) is 6.61 Å². The lowest BCUT2D eigenvalue weighted by atomic mass is 10.0. The van der Waals surface area contributed by atoms with E-state index >= 15 is 0 Å². The van der Waals surface area contributed by atoms with Crippen molar-refractivity contribution in [1.29, 1.82) is 0 Å². The van der Waals surface area contributed by atoms with Crippen molar-refractivity contribution in [3.63, 3.8) is 0 Å². The van der Waals surface area contributed by atoms with Gasteiger partial charge in [0.2, 0.25) is 0 Å². The third-order valence-electron chi connectivity index (χ3n) is 3.52. The molecule has 5 heteroatoms. The normalized spacial score (nSPS) is 10.4. The number of carbonyl (C=O) groups is 1. The van der Waals surface area contributed by atoms with Crippen LogP contribution in [0.5, 0.6) is 0 Å². The van der Waals surface area contributed by atoms with Crippen molar-refractivity contribution in [1.82, 2.24) is 4.57 Å². The number of benzene rings is 2. The van der Waals surface area contributed by atoms with Crippen LogP contribution in [0, 0.1) is 5.82 Å². The molecule has 2 aromatic carbocycles. The van der Waals surface area contributed by atoms with Crippen LogP contribution in [0.2, 0.25) is 0 Å². The summed E-state index contributed by atoms with van der Waals surface area (Å²) >= 11 is 0. The van der Waals surface area contributed by atoms with Crippen LogP contribution in [0.3, 0.4) is 0 Å². The van der Waals surface area contributed by atoms with E-state index in [0.29, 0.717) is 5.56 Å². The zero-order chi connectivity index (χ0) is 16.9. The molecule has 0 fully saturated rings. The highest BCUT2D eigenvalue weighted by Gasteiger charge is 2.08. The second kappa shape index (κ2) is 6.91. The number of hydrogen-bond acceptors (Lipinski definition) is 3. The van der Waals surface area contributed by atoms with Gasteiger partial charge in [-0.25, -0.2) is 13.8 Å². The molecule has 0 aliphatic carbocycles. The van der Waals surface area contributed by atoms with E-state index in [2.05, 4.69) is 0 Å². The number of halogens is 1. The summed E-state index contributed by atoms with van der Waals surface area (Å²) in [6.45, 7) is 0.0255. The first-order chi connectivity index (χ1) is 11.6. The van der Waals surface area contributed by atoms with Crippen LogP contribution in [0.15, 0.2) is 77.7 Å². The van der Waals surface area contributed by atoms with Gasteiger partial charge in [0.25, 0.3) is 5.56 Å². The molecule has 0 atom stereocenters. The maximum absolute atomic E-state index is 13.8. The molecule has 0 aliphatic heterocycles. The van der Waals surface area contributed by atoms with Crippen LogP contribution in [0.1, 0.15) is 5.56 Å². The molecular formula is C19H14FNO3. The van der Waals surface area contributed by atoms with Gasteiger partial charge in [0.1, 0.15) is 12.4 Å². The zero-order valence-electron chi connectivity index (χ0n) is 12.7. The van der Waals surface area contributed by atoms with E-state index in [-0.39, 0.29) is 12.4 Å². The summed E-state index contributed by atoms with van der Waals surface area (Å²) < 4.78 is 19.8. The van der Waals surface area contributed by atoms with Gasteiger partial charge in [-0.1, -0.05) is 48.5 Å². The Bertz CT molecular complexity index is 916. The minimum absolute atomic E-state index is 0.0255. The Morgan fingerprint density at radius 3 is 2.38 bits per heavy atom. The lowest BCUT2D eigenvalue weighted by molar-refractivity contribution is 0.140. The number of nitrogens with zero attached hydrogens (tertiary/aromatic N) is 1. The largest absolute Gasteiger partial charge is 0.444 e. The van der Waals surface area contributed by atoms with Gasteiger partial charge in [-0.3, -0.25) is 4.79 Å². The number of rotatable bonds is 3. The molecule has 0 N–H and O–H groups in total. The van der Waals surface area contributed by atoms with Gasteiger partial charge in [0.15, 0.2) is 0 Å². The van der Waals surface area contributed by atoms with Gasteiger partial charge >= 0.3 is 6.09 Å². The van der Waals surface area contributed by atoms with Gasteiger partial charge in [0, 0.05) is 17.8 Å². The molecule has 4 nitrogen and oxygen atoms in total. The Labute approximate surface area is 137 Å². The van der Waals surface area contributed by atoms with Gasteiger partial charge in [-0.05, 0) is 23.3 Å². The fraction of sp³-hybridized carbons (Fsp3) is 0.0526. The van der Waals surface area contributed by atoms with Crippen molar-refractivity contribution >= 4 is 6.09 Å². The molecule has 0 aliphatic rings. The molecule has 3 aromatic rings. The second-order valence-electron chi connectivity index (χ2n) is 5.14. The molecule has 1 aromatic heterocycles. The molecule has 0 spiro atoms. The number of carbonyl (C=O) groups excluding carboxylic acids is 1. The smallest absolute Gasteiger partial charge is 0.421 e. The molecule has 0 amide bonds. The van der Waals surface area contributed by atoms with E-state index in [1.54, 1.807) is 54.6 Å². The van der Waals surface area contributed by atoms with Crippen LogP contribution >= 0.6 is 0 Å². The standard InChI is InChI=1S/C19H14FNO3/c20-17-6-2-1-5-16(17)15-10-8-14(9-11-15)13-24-19(23)21-12-4-3-7-18(21)22/h1-12H,13H2. The van der Waals surface area contributed by atoms with Crippen LogP contribution in [-0.2, 0) is 11.3 Å². The van der Waals surface area contributed by atoms with E-state index < -0.39 is 11.7 Å². The summed E-state index contributed by atoms with van der Waals surface area (Å²) in [7, 11) is 0. The third kappa shape index (κ3) is 3.41. The van der Waals surface area contributed by atoms with E-state index in [9.17, 15) is 14.0 Å². The van der Waals surface area contributed by atoms with Crippen LogP contribution < -0.4 is 5.56 Å². The number of pyridine rings is 1. The average molecular weight is 323 g/mol. The Balaban J connectivity index is 1.69. The number of hydrogen-bond donors (Lipinski definition) is 0. The molecule has 0 saturated heterocycles. The van der Waals surface area contributed by atoms with Gasteiger partial charge in [-0.2, -0.15) is 0 Å². The second-order valence-corrected chi connectivity index (χ2v) is 5.14. The molecule has 24 heavy (non-hydrogen) atoms. The fourth-order valence-electron chi connectivity index (χ4n) is 2.27. The average Bonchev–Trinajstić information content (AvgIpc) is 2.61. The summed E-state index contributed by atoms with van der Waals surface area (Å²) in [6.07, 6.45) is 0.616. The van der Waals surface area contributed by atoms with Crippen molar-refractivity contribution in [3.8, 4) is 11.1 Å². The van der Waals surface area contributed by atoms with Crippen molar-refractivity contribution < 1.29 is 13.9 Å². The minimum Gasteiger partial charge on any atom is -0.444 e. The first-order valence-corrected chi connectivity index (χ1v) is 7.34. The van der Waals surface area contributed by atoms with E-state index in [0.717, 1.165) is 15.7 Å². The fourth-order valence-corrected chi connectivity index (χ4v) is 2.27. The summed E-state index contributed by atoms with van der Waals surface area (Å²) in [5.41, 5.74) is 1.55. The van der Waals surface area contributed by atoms with Crippen LogP contribution in [-0.4, -0.2) is 10.7 Å². The number of aromatic nitrogens is 1. The minimum atomic E-state index is -0.737. The highest BCUT2D eigenvalue weighted by atomic mass is 19.1. The molecule has 0 unspecified atom stereocenters. The quantitative estimate of drug-likeness (QED) is 0.736. The molecule has 3 rings (SSSR count). The predicted molar refractivity (Wildman–Crippen MR) is 88.1 cm³/mol. The maximum atomic E-state index is 13.8. The van der Waals surface area contributed by atoms with Crippen molar-refractivity contribution in [2.24, 2.45) is 0 Å². The molecule has 0 radical (unpaired) electrons. The Kier molecular flexibility index (Phi) is 4.52. The van der Waals surface area contributed by atoms with Gasteiger partial charge < -0.3 is 4.74 Å². The van der Waals surface area contributed by atoms with Crippen molar-refractivity contribution in [3.05, 3.63) is 94.7 Å². The van der Waals surface area contributed by atoms with Gasteiger partial charge in [-0.15, -0.1) is 0 Å². The van der Waals surface area contributed by atoms with E-state index in [4.69, 9.17) is 4.74 Å². The first-order valence-electron chi connectivity index (χ1n) is 7.34. The highest BCUT2D eigenvalue weighted by Crippen LogP contribution is 2.22. The molecule has 0 bridgehead atoms. The Hall–Kier alpha value is -3.21. The van der Waals surface area contributed by atoms with Gasteiger partial charge in [0.05, 0.1) is 0 Å². The van der Waals surface area contributed by atoms with Crippen molar-refractivity contribution in [2.75, 3.05) is 0 Å². The highest BCUT2D eigenvalue weighted by molar-refractivity contribution is 5.70. The Morgan fingerprint density at radius 2 is 1.67 bits per heavy atom. The Morgan fingerprint density at radius 1 is 0.958 bits per heavy atom. The summed E-state index contributed by atoms with van der Waals surface area (Å²) in [4.78, 5) is 23.4. The maximum Gasteiger partial charge on any atom is 0.421 e. The van der Waals surface area contributed by atoms with Crippen LogP contribution in [0.25, 0.3) is 11.1 Å². The lowest BCUT2D eigenvalue weighted by Gasteiger charge is -2.08. The van der Waals surface area contributed by atoms with Crippen LogP contribution in [0.4, 0.5) is 9.18 Å². The topological polar surface area (TPSA) is 48.3 Å². The predicted octanol–water partition coefficient (Wildman–Crippen LogP) is 3.84. The third-order valence-corrected chi connectivity index (χ3v) is 3.52.